The monoisotopic (exact) mass is 232 g/mol. The van der Waals surface area contributed by atoms with Gasteiger partial charge in [-0.05, 0) is 46.0 Å². The molecule has 0 radical (unpaired) electrons. The van der Waals surface area contributed by atoms with Gasteiger partial charge in [-0.2, -0.15) is 0 Å². The first kappa shape index (κ1) is 12.6. The average Bonchev–Trinajstić information content (AvgIpc) is 2.26. The third kappa shape index (κ3) is 2.53. The third-order valence-electron chi connectivity index (χ3n) is 3.74. The van der Waals surface area contributed by atoms with Crippen molar-refractivity contribution in [1.29, 1.82) is 0 Å². The Morgan fingerprint density at radius 1 is 1.18 bits per heavy atom. The van der Waals surface area contributed by atoms with Gasteiger partial charge in [0, 0.05) is 24.7 Å². The van der Waals surface area contributed by atoms with Crippen LogP contribution in [-0.2, 0) is 6.54 Å². The van der Waals surface area contributed by atoms with E-state index in [-0.39, 0.29) is 5.54 Å². The second-order valence-electron chi connectivity index (χ2n) is 6.23. The number of likely N-dealkylation sites (N-methyl/N-ethyl adjacent to an activating group) is 1. The normalized spacial score (nSPS) is 21.6. The van der Waals surface area contributed by atoms with Crippen LogP contribution in [0.1, 0.15) is 37.9 Å². The Morgan fingerprint density at radius 3 is 2.41 bits per heavy atom. The Hall–Kier alpha value is -0.860. The average molecular weight is 232 g/mol. The van der Waals surface area contributed by atoms with E-state index >= 15 is 0 Å². The summed E-state index contributed by atoms with van der Waals surface area (Å²) in [5.74, 6) is 0. The fraction of sp³-hybridized carbons (Fsp3) is 0.600. The SMILES string of the molecule is CN(C)C1CN(C(C)(C)C)Cc2ccccc21. The molecule has 2 heteroatoms. The molecule has 1 aliphatic heterocycles. The van der Waals surface area contributed by atoms with Crippen LogP contribution >= 0.6 is 0 Å². The molecule has 1 aromatic rings. The number of benzene rings is 1. The lowest BCUT2D eigenvalue weighted by atomic mass is 9.91. The molecule has 94 valence electrons. The summed E-state index contributed by atoms with van der Waals surface area (Å²) < 4.78 is 0. The van der Waals surface area contributed by atoms with E-state index in [0.29, 0.717) is 6.04 Å². The molecule has 0 aromatic heterocycles. The molecule has 0 aliphatic carbocycles. The van der Waals surface area contributed by atoms with E-state index in [1.165, 1.54) is 11.1 Å². The van der Waals surface area contributed by atoms with Crippen molar-refractivity contribution in [3.63, 3.8) is 0 Å². The second-order valence-corrected chi connectivity index (χ2v) is 6.23. The third-order valence-corrected chi connectivity index (χ3v) is 3.74. The van der Waals surface area contributed by atoms with Gasteiger partial charge in [-0.25, -0.2) is 0 Å². The molecule has 0 saturated heterocycles. The van der Waals surface area contributed by atoms with Crippen LogP contribution in [0.4, 0.5) is 0 Å². The van der Waals surface area contributed by atoms with Gasteiger partial charge < -0.3 is 4.90 Å². The first-order chi connectivity index (χ1) is 7.89. The topological polar surface area (TPSA) is 6.48 Å². The molecule has 1 heterocycles. The highest BCUT2D eigenvalue weighted by molar-refractivity contribution is 5.32. The van der Waals surface area contributed by atoms with Crippen molar-refractivity contribution in [2.24, 2.45) is 0 Å². The Kier molecular flexibility index (Phi) is 3.28. The van der Waals surface area contributed by atoms with E-state index in [1.807, 2.05) is 0 Å². The molecule has 1 atom stereocenters. The van der Waals surface area contributed by atoms with Gasteiger partial charge in [-0.15, -0.1) is 0 Å². The minimum Gasteiger partial charge on any atom is -0.301 e. The van der Waals surface area contributed by atoms with Gasteiger partial charge in [0.2, 0.25) is 0 Å². The maximum Gasteiger partial charge on any atom is 0.0472 e. The van der Waals surface area contributed by atoms with Gasteiger partial charge >= 0.3 is 0 Å². The molecule has 1 unspecified atom stereocenters. The van der Waals surface area contributed by atoms with Crippen LogP contribution in [0.25, 0.3) is 0 Å². The zero-order chi connectivity index (χ0) is 12.6. The standard InChI is InChI=1S/C15H24N2/c1-15(2,3)17-10-12-8-6-7-9-13(12)14(11-17)16(4)5/h6-9,14H,10-11H2,1-5H3. The molecule has 1 aliphatic rings. The van der Waals surface area contributed by atoms with Crippen molar-refractivity contribution >= 4 is 0 Å². The van der Waals surface area contributed by atoms with Crippen LogP contribution < -0.4 is 0 Å². The number of hydrogen-bond acceptors (Lipinski definition) is 2. The quantitative estimate of drug-likeness (QED) is 0.734. The molecule has 2 nitrogen and oxygen atoms in total. The highest BCUT2D eigenvalue weighted by Crippen LogP contribution is 2.32. The molecule has 2 rings (SSSR count). The van der Waals surface area contributed by atoms with E-state index in [0.717, 1.165) is 13.1 Å². The first-order valence-electron chi connectivity index (χ1n) is 6.39. The zero-order valence-electron chi connectivity index (χ0n) is 11.7. The summed E-state index contributed by atoms with van der Waals surface area (Å²) in [5.41, 5.74) is 3.22. The smallest absolute Gasteiger partial charge is 0.0472 e. The van der Waals surface area contributed by atoms with Gasteiger partial charge in [-0.3, -0.25) is 4.90 Å². The molecule has 0 spiro atoms. The molecule has 1 aromatic carbocycles. The molecule has 17 heavy (non-hydrogen) atoms. The summed E-state index contributed by atoms with van der Waals surface area (Å²) in [6.07, 6.45) is 0. The Labute approximate surface area is 105 Å². The summed E-state index contributed by atoms with van der Waals surface area (Å²) in [5, 5.41) is 0. The molecule has 0 N–H and O–H groups in total. The van der Waals surface area contributed by atoms with Crippen LogP contribution in [-0.4, -0.2) is 36.0 Å². The number of nitrogens with zero attached hydrogens (tertiary/aromatic N) is 2. The zero-order valence-corrected chi connectivity index (χ0v) is 11.7. The molecule has 0 fully saturated rings. The van der Waals surface area contributed by atoms with Crippen molar-refractivity contribution in [3.05, 3.63) is 35.4 Å². The van der Waals surface area contributed by atoms with Crippen LogP contribution in [0.3, 0.4) is 0 Å². The minimum atomic E-state index is 0.238. The van der Waals surface area contributed by atoms with Crippen LogP contribution in [0.2, 0.25) is 0 Å². The lowest BCUT2D eigenvalue weighted by Crippen LogP contribution is -2.48. The van der Waals surface area contributed by atoms with Crippen molar-refractivity contribution in [1.82, 2.24) is 9.80 Å². The molecular weight excluding hydrogens is 208 g/mol. The van der Waals surface area contributed by atoms with E-state index in [1.54, 1.807) is 0 Å². The van der Waals surface area contributed by atoms with Crippen molar-refractivity contribution in [2.75, 3.05) is 20.6 Å². The second kappa shape index (κ2) is 4.43. The van der Waals surface area contributed by atoms with E-state index in [4.69, 9.17) is 0 Å². The van der Waals surface area contributed by atoms with Gasteiger partial charge in [0.05, 0.1) is 0 Å². The van der Waals surface area contributed by atoms with Crippen LogP contribution in [0.15, 0.2) is 24.3 Å². The van der Waals surface area contributed by atoms with Gasteiger partial charge in [0.25, 0.3) is 0 Å². The van der Waals surface area contributed by atoms with Gasteiger partial charge in [0.15, 0.2) is 0 Å². The largest absolute Gasteiger partial charge is 0.301 e. The van der Waals surface area contributed by atoms with Crippen molar-refractivity contribution in [3.8, 4) is 0 Å². The minimum absolute atomic E-state index is 0.238. The molecule has 0 bridgehead atoms. The number of fused-ring (bicyclic) bond motifs is 1. The predicted octanol–water partition coefficient (Wildman–Crippen LogP) is 2.90. The maximum absolute atomic E-state index is 2.57. The highest BCUT2D eigenvalue weighted by Gasteiger charge is 2.31. The van der Waals surface area contributed by atoms with Crippen molar-refractivity contribution in [2.45, 2.75) is 38.9 Å². The molecular formula is C15H24N2. The summed E-state index contributed by atoms with van der Waals surface area (Å²) in [6, 6.07) is 9.36. The molecule has 0 saturated carbocycles. The van der Waals surface area contributed by atoms with E-state index < -0.39 is 0 Å². The molecule has 0 amide bonds. The van der Waals surface area contributed by atoms with Gasteiger partial charge in [0.1, 0.15) is 0 Å². The van der Waals surface area contributed by atoms with Crippen molar-refractivity contribution < 1.29 is 0 Å². The fourth-order valence-corrected chi connectivity index (χ4v) is 2.53. The highest BCUT2D eigenvalue weighted by atomic mass is 15.2. The fourth-order valence-electron chi connectivity index (χ4n) is 2.53. The maximum atomic E-state index is 2.57. The Bertz CT molecular complexity index is 390. The van der Waals surface area contributed by atoms with E-state index in [9.17, 15) is 0 Å². The summed E-state index contributed by atoms with van der Waals surface area (Å²) in [4.78, 5) is 4.90. The Morgan fingerprint density at radius 2 is 1.82 bits per heavy atom. The summed E-state index contributed by atoms with van der Waals surface area (Å²) in [6.45, 7) is 9.09. The lowest BCUT2D eigenvalue weighted by Gasteiger charge is -2.44. The predicted molar refractivity (Wildman–Crippen MR) is 73.0 cm³/mol. The summed E-state index contributed by atoms with van der Waals surface area (Å²) >= 11 is 0. The summed E-state index contributed by atoms with van der Waals surface area (Å²) in [7, 11) is 4.35. The number of hydrogen-bond donors (Lipinski definition) is 0. The van der Waals surface area contributed by atoms with Crippen LogP contribution in [0, 0.1) is 0 Å². The first-order valence-corrected chi connectivity index (χ1v) is 6.39. The van der Waals surface area contributed by atoms with E-state index in [2.05, 4.69) is 68.9 Å². The lowest BCUT2D eigenvalue weighted by molar-refractivity contribution is 0.0748. The Balaban J connectivity index is 2.36. The van der Waals surface area contributed by atoms with Gasteiger partial charge in [-0.1, -0.05) is 24.3 Å². The number of rotatable bonds is 1. The van der Waals surface area contributed by atoms with Crippen LogP contribution in [0.5, 0.6) is 0 Å².